The van der Waals surface area contributed by atoms with Gasteiger partial charge in [0.25, 0.3) is 0 Å². The van der Waals surface area contributed by atoms with Crippen LogP contribution in [0.25, 0.3) is 0 Å². The van der Waals surface area contributed by atoms with Crippen LogP contribution in [0.2, 0.25) is 0 Å². The molecule has 0 saturated carbocycles. The summed E-state index contributed by atoms with van der Waals surface area (Å²) >= 11 is 0. The summed E-state index contributed by atoms with van der Waals surface area (Å²) in [5.74, 6) is 0. The second-order valence-corrected chi connectivity index (χ2v) is 5.15. The molecule has 1 saturated heterocycles. The van der Waals surface area contributed by atoms with Crippen molar-refractivity contribution in [3.05, 3.63) is 0 Å². The van der Waals surface area contributed by atoms with E-state index in [1.807, 2.05) is 0 Å². The van der Waals surface area contributed by atoms with E-state index in [0.29, 0.717) is 0 Å². The van der Waals surface area contributed by atoms with Gasteiger partial charge in [0.2, 0.25) is 0 Å². The first kappa shape index (κ1) is 12.0. The van der Waals surface area contributed by atoms with Gasteiger partial charge in [0.1, 0.15) is 0 Å². The Morgan fingerprint density at radius 1 is 0.786 bits per heavy atom. The van der Waals surface area contributed by atoms with Gasteiger partial charge >= 0.3 is 0 Å². The van der Waals surface area contributed by atoms with E-state index in [2.05, 4.69) is 41.5 Å². The van der Waals surface area contributed by atoms with Crippen LogP contribution in [0.5, 0.6) is 0 Å². The third-order valence-electron chi connectivity index (χ3n) is 3.56. The van der Waals surface area contributed by atoms with E-state index >= 15 is 0 Å². The largest absolute Gasteiger partial charge is 0.367 e. The Hall–Kier alpha value is -0.0800. The third-order valence-corrected chi connectivity index (χ3v) is 3.56. The van der Waals surface area contributed by atoms with Gasteiger partial charge in [-0.2, -0.15) is 0 Å². The summed E-state index contributed by atoms with van der Waals surface area (Å²) in [6.45, 7) is 12.8. The van der Waals surface area contributed by atoms with Crippen LogP contribution in [0.15, 0.2) is 0 Å². The first-order chi connectivity index (χ1) is 6.34. The minimum atomic E-state index is -0.195. The van der Waals surface area contributed by atoms with Gasteiger partial charge in [-0.05, 0) is 40.5 Å². The van der Waals surface area contributed by atoms with Crippen LogP contribution >= 0.6 is 0 Å². The van der Waals surface area contributed by atoms with Crippen LogP contribution in [0, 0.1) is 0 Å². The van der Waals surface area contributed by atoms with Crippen molar-refractivity contribution >= 4 is 0 Å². The molecule has 0 aromatic heterocycles. The molecule has 0 bridgehead atoms. The molecule has 0 unspecified atom stereocenters. The van der Waals surface area contributed by atoms with Crippen molar-refractivity contribution in [2.75, 3.05) is 0 Å². The molecule has 14 heavy (non-hydrogen) atoms. The van der Waals surface area contributed by atoms with Gasteiger partial charge in [-0.3, -0.25) is 0 Å². The number of hydrogen-bond acceptors (Lipinski definition) is 2. The van der Waals surface area contributed by atoms with Crippen LogP contribution in [-0.4, -0.2) is 23.4 Å². The predicted octanol–water partition coefficient (Wildman–Crippen LogP) is 3.15. The Morgan fingerprint density at radius 3 is 1.29 bits per heavy atom. The standard InChI is InChI=1S/C12H24O2/c1-7-9-10(8-2)14-12(5,6)11(3,4)13-9/h9-10H,7-8H2,1-6H3/t9-,10-/m1/s1. The Kier molecular flexibility index (Phi) is 3.27. The van der Waals surface area contributed by atoms with E-state index in [-0.39, 0.29) is 23.4 Å². The number of rotatable bonds is 2. The number of ether oxygens (including phenoxy) is 2. The highest BCUT2D eigenvalue weighted by Crippen LogP contribution is 2.38. The molecule has 0 aliphatic carbocycles. The highest BCUT2D eigenvalue weighted by Gasteiger charge is 2.48. The van der Waals surface area contributed by atoms with E-state index in [1.165, 1.54) is 0 Å². The van der Waals surface area contributed by atoms with Gasteiger partial charge < -0.3 is 9.47 Å². The lowest BCUT2D eigenvalue weighted by molar-refractivity contribution is -0.294. The Morgan fingerprint density at radius 2 is 1.07 bits per heavy atom. The smallest absolute Gasteiger partial charge is 0.0914 e. The van der Waals surface area contributed by atoms with E-state index < -0.39 is 0 Å². The minimum Gasteiger partial charge on any atom is -0.367 e. The lowest BCUT2D eigenvalue weighted by Crippen LogP contribution is -2.60. The second-order valence-electron chi connectivity index (χ2n) is 5.15. The van der Waals surface area contributed by atoms with Crippen molar-refractivity contribution in [1.29, 1.82) is 0 Å². The first-order valence-corrected chi connectivity index (χ1v) is 5.69. The summed E-state index contributed by atoms with van der Waals surface area (Å²) in [7, 11) is 0. The van der Waals surface area contributed by atoms with Gasteiger partial charge in [-0.25, -0.2) is 0 Å². The van der Waals surface area contributed by atoms with Crippen molar-refractivity contribution in [2.24, 2.45) is 0 Å². The van der Waals surface area contributed by atoms with Crippen molar-refractivity contribution in [3.63, 3.8) is 0 Å². The maximum atomic E-state index is 6.12. The maximum Gasteiger partial charge on any atom is 0.0914 e. The quantitative estimate of drug-likeness (QED) is 0.681. The molecule has 2 atom stereocenters. The Labute approximate surface area is 88.0 Å². The molecular weight excluding hydrogens is 176 g/mol. The average molecular weight is 200 g/mol. The maximum absolute atomic E-state index is 6.12. The highest BCUT2D eigenvalue weighted by molar-refractivity contribution is 4.96. The normalized spacial score (nSPS) is 35.6. The Bertz CT molecular complexity index is 174. The van der Waals surface area contributed by atoms with Crippen molar-refractivity contribution in [2.45, 2.75) is 77.8 Å². The monoisotopic (exact) mass is 200 g/mol. The fourth-order valence-electron chi connectivity index (χ4n) is 1.88. The van der Waals surface area contributed by atoms with Crippen LogP contribution in [0.4, 0.5) is 0 Å². The van der Waals surface area contributed by atoms with E-state index in [0.717, 1.165) is 12.8 Å². The zero-order valence-electron chi connectivity index (χ0n) is 10.4. The molecule has 0 amide bonds. The van der Waals surface area contributed by atoms with Gasteiger partial charge in [0, 0.05) is 0 Å². The molecule has 0 spiro atoms. The molecule has 1 heterocycles. The summed E-state index contributed by atoms with van der Waals surface area (Å²) in [6.07, 6.45) is 2.56. The van der Waals surface area contributed by atoms with Crippen LogP contribution in [0.1, 0.15) is 54.4 Å². The second kappa shape index (κ2) is 3.82. The molecule has 0 aromatic rings. The molecule has 1 aliphatic heterocycles. The summed E-state index contributed by atoms with van der Waals surface area (Å²) in [6, 6.07) is 0. The number of hydrogen-bond donors (Lipinski definition) is 0. The molecule has 1 aliphatic rings. The SMILES string of the molecule is CC[C@H]1OC(C)(C)C(C)(C)O[C@@H]1CC. The lowest BCUT2D eigenvalue weighted by atomic mass is 9.86. The average Bonchev–Trinajstić information content (AvgIpc) is 2.09. The minimum absolute atomic E-state index is 0.195. The summed E-state index contributed by atoms with van der Waals surface area (Å²) in [5, 5.41) is 0. The van der Waals surface area contributed by atoms with Crippen LogP contribution in [-0.2, 0) is 9.47 Å². The topological polar surface area (TPSA) is 18.5 Å². The zero-order chi connectivity index (χ0) is 11.0. The van der Waals surface area contributed by atoms with E-state index in [1.54, 1.807) is 0 Å². The molecule has 0 N–H and O–H groups in total. The van der Waals surface area contributed by atoms with E-state index in [9.17, 15) is 0 Å². The third kappa shape index (κ3) is 1.96. The zero-order valence-corrected chi connectivity index (χ0v) is 10.4. The predicted molar refractivity (Wildman–Crippen MR) is 58.5 cm³/mol. The molecule has 0 aromatic carbocycles. The Balaban J connectivity index is 2.81. The summed E-state index contributed by atoms with van der Waals surface area (Å²) in [5.41, 5.74) is -0.390. The fraction of sp³-hybridized carbons (Fsp3) is 1.00. The van der Waals surface area contributed by atoms with Crippen molar-refractivity contribution in [3.8, 4) is 0 Å². The van der Waals surface area contributed by atoms with Gasteiger partial charge in [0.15, 0.2) is 0 Å². The molecule has 2 nitrogen and oxygen atoms in total. The van der Waals surface area contributed by atoms with Gasteiger partial charge in [-0.1, -0.05) is 13.8 Å². The molecule has 0 radical (unpaired) electrons. The molecular formula is C12H24O2. The molecule has 1 fully saturated rings. The summed E-state index contributed by atoms with van der Waals surface area (Å²) in [4.78, 5) is 0. The van der Waals surface area contributed by atoms with Crippen LogP contribution < -0.4 is 0 Å². The lowest BCUT2D eigenvalue weighted by Gasteiger charge is -2.51. The van der Waals surface area contributed by atoms with Gasteiger partial charge in [-0.15, -0.1) is 0 Å². The first-order valence-electron chi connectivity index (χ1n) is 5.69. The van der Waals surface area contributed by atoms with Gasteiger partial charge in [0.05, 0.1) is 23.4 Å². The molecule has 2 heteroatoms. The van der Waals surface area contributed by atoms with E-state index in [4.69, 9.17) is 9.47 Å². The van der Waals surface area contributed by atoms with Crippen molar-refractivity contribution < 1.29 is 9.47 Å². The summed E-state index contributed by atoms with van der Waals surface area (Å²) < 4.78 is 12.2. The molecule has 1 rings (SSSR count). The van der Waals surface area contributed by atoms with Crippen LogP contribution in [0.3, 0.4) is 0 Å². The molecule has 84 valence electrons. The highest BCUT2D eigenvalue weighted by atomic mass is 16.6. The fourth-order valence-corrected chi connectivity index (χ4v) is 1.88. The van der Waals surface area contributed by atoms with Crippen molar-refractivity contribution in [1.82, 2.24) is 0 Å².